The van der Waals surface area contributed by atoms with Gasteiger partial charge in [-0.3, -0.25) is 4.79 Å². The Morgan fingerprint density at radius 1 is 1.28 bits per heavy atom. The van der Waals surface area contributed by atoms with Crippen molar-refractivity contribution in [3.05, 3.63) is 54.1 Å². The monoisotopic (exact) mass is 341 g/mol. The Kier molecular flexibility index (Phi) is 5.33. The molecule has 1 aliphatic rings. The normalized spacial score (nSPS) is 14.5. The van der Waals surface area contributed by atoms with Crippen LogP contribution in [-0.4, -0.2) is 45.5 Å². The summed E-state index contributed by atoms with van der Waals surface area (Å²) >= 11 is 0. The van der Waals surface area contributed by atoms with Gasteiger partial charge in [0.25, 0.3) is 0 Å². The Balaban J connectivity index is 1.42. The molecule has 0 radical (unpaired) electrons. The van der Waals surface area contributed by atoms with Crippen LogP contribution in [0.15, 0.2) is 43.0 Å². The number of carbonyl (C=O) groups is 2. The van der Waals surface area contributed by atoms with E-state index in [0.29, 0.717) is 19.6 Å². The molecule has 0 spiro atoms. The molecule has 132 valence electrons. The molecule has 25 heavy (non-hydrogen) atoms. The molecule has 0 aliphatic carbocycles. The lowest BCUT2D eigenvalue weighted by molar-refractivity contribution is -0.120. The zero-order chi connectivity index (χ0) is 17.6. The molecule has 0 saturated carbocycles. The number of hydrogen-bond acceptors (Lipinski definition) is 3. The maximum atomic E-state index is 12.3. The number of urea groups is 1. The van der Waals surface area contributed by atoms with Crippen LogP contribution in [0.1, 0.15) is 18.1 Å². The SMILES string of the molecule is C[C@H](Cn1ccnc1)NC(=O)CNC(=O)N1CCc2ccccc2C1. The summed E-state index contributed by atoms with van der Waals surface area (Å²) in [6.07, 6.45) is 6.10. The molecule has 0 saturated heterocycles. The second-order valence-electron chi connectivity index (χ2n) is 6.33. The lowest BCUT2D eigenvalue weighted by Crippen LogP contribution is -2.47. The van der Waals surface area contributed by atoms with Gasteiger partial charge in [0.2, 0.25) is 5.91 Å². The highest BCUT2D eigenvalue weighted by Crippen LogP contribution is 2.18. The number of amides is 3. The van der Waals surface area contributed by atoms with Crippen molar-refractivity contribution in [2.75, 3.05) is 13.1 Å². The standard InChI is InChI=1S/C18H23N5O2/c1-14(11-22-9-7-19-13-22)21-17(24)10-20-18(25)23-8-6-15-4-2-3-5-16(15)12-23/h2-5,7,9,13-14H,6,8,10-12H2,1H3,(H,20,25)(H,21,24)/t14-/m1/s1. The van der Waals surface area contributed by atoms with Gasteiger partial charge in [0.05, 0.1) is 12.9 Å². The van der Waals surface area contributed by atoms with Gasteiger partial charge in [0.15, 0.2) is 0 Å². The van der Waals surface area contributed by atoms with Crippen molar-refractivity contribution in [1.82, 2.24) is 25.1 Å². The van der Waals surface area contributed by atoms with Gasteiger partial charge < -0.3 is 20.1 Å². The Hall–Kier alpha value is -2.83. The second-order valence-corrected chi connectivity index (χ2v) is 6.33. The quantitative estimate of drug-likeness (QED) is 0.856. The number of aromatic nitrogens is 2. The van der Waals surface area contributed by atoms with E-state index in [4.69, 9.17) is 0 Å². The van der Waals surface area contributed by atoms with Crippen LogP contribution in [0.4, 0.5) is 4.79 Å². The fraction of sp³-hybridized carbons (Fsp3) is 0.389. The van der Waals surface area contributed by atoms with Gasteiger partial charge in [0, 0.05) is 38.1 Å². The average molecular weight is 341 g/mol. The van der Waals surface area contributed by atoms with Gasteiger partial charge >= 0.3 is 6.03 Å². The first-order chi connectivity index (χ1) is 12.1. The number of nitrogens with zero attached hydrogens (tertiary/aromatic N) is 3. The Morgan fingerprint density at radius 2 is 2.08 bits per heavy atom. The number of hydrogen-bond donors (Lipinski definition) is 2. The summed E-state index contributed by atoms with van der Waals surface area (Å²) in [6.45, 7) is 3.79. The van der Waals surface area contributed by atoms with E-state index in [9.17, 15) is 9.59 Å². The van der Waals surface area contributed by atoms with Gasteiger partial charge in [-0.05, 0) is 24.5 Å². The number of carbonyl (C=O) groups excluding carboxylic acids is 2. The van der Waals surface area contributed by atoms with Crippen LogP contribution in [0, 0.1) is 0 Å². The molecular formula is C18H23N5O2. The summed E-state index contributed by atoms with van der Waals surface area (Å²) < 4.78 is 1.90. The van der Waals surface area contributed by atoms with E-state index in [-0.39, 0.29) is 24.5 Å². The van der Waals surface area contributed by atoms with Crippen LogP contribution in [0.3, 0.4) is 0 Å². The first kappa shape index (κ1) is 17.0. The lowest BCUT2D eigenvalue weighted by Gasteiger charge is -2.29. The van der Waals surface area contributed by atoms with Crippen LogP contribution in [-0.2, 0) is 24.3 Å². The number of rotatable bonds is 5. The molecule has 1 aliphatic heterocycles. The van der Waals surface area contributed by atoms with Crippen molar-refractivity contribution in [1.29, 1.82) is 0 Å². The Morgan fingerprint density at radius 3 is 2.84 bits per heavy atom. The van der Waals surface area contributed by atoms with Crippen LogP contribution in [0.5, 0.6) is 0 Å². The van der Waals surface area contributed by atoms with Crippen molar-refractivity contribution in [3.8, 4) is 0 Å². The Bertz CT molecular complexity index is 729. The summed E-state index contributed by atoms with van der Waals surface area (Å²) in [5.41, 5.74) is 2.46. The van der Waals surface area contributed by atoms with E-state index in [1.165, 1.54) is 11.1 Å². The van der Waals surface area contributed by atoms with Crippen LogP contribution < -0.4 is 10.6 Å². The number of imidazole rings is 1. The number of fused-ring (bicyclic) bond motifs is 1. The molecule has 3 amide bonds. The van der Waals surface area contributed by atoms with Crippen molar-refractivity contribution in [2.24, 2.45) is 0 Å². The van der Waals surface area contributed by atoms with Gasteiger partial charge in [-0.2, -0.15) is 0 Å². The predicted octanol–water partition coefficient (Wildman–Crippen LogP) is 1.16. The zero-order valence-electron chi connectivity index (χ0n) is 14.3. The first-order valence-electron chi connectivity index (χ1n) is 8.46. The van der Waals surface area contributed by atoms with E-state index >= 15 is 0 Å². The summed E-state index contributed by atoms with van der Waals surface area (Å²) in [5, 5.41) is 5.57. The number of nitrogens with one attached hydrogen (secondary N) is 2. The van der Waals surface area contributed by atoms with Gasteiger partial charge in [-0.25, -0.2) is 9.78 Å². The van der Waals surface area contributed by atoms with Crippen LogP contribution in [0.2, 0.25) is 0 Å². The fourth-order valence-electron chi connectivity index (χ4n) is 3.02. The topological polar surface area (TPSA) is 79.3 Å². The molecule has 1 atom stereocenters. The van der Waals surface area contributed by atoms with E-state index in [2.05, 4.69) is 21.7 Å². The maximum Gasteiger partial charge on any atom is 0.318 e. The molecular weight excluding hydrogens is 318 g/mol. The Labute approximate surface area is 147 Å². The third-order valence-electron chi connectivity index (χ3n) is 4.27. The van der Waals surface area contributed by atoms with E-state index in [1.54, 1.807) is 17.4 Å². The minimum absolute atomic E-state index is 0.0226. The number of benzene rings is 1. The highest BCUT2D eigenvalue weighted by molar-refractivity contribution is 5.84. The van der Waals surface area contributed by atoms with Crippen LogP contribution >= 0.6 is 0 Å². The highest BCUT2D eigenvalue weighted by Gasteiger charge is 2.20. The molecule has 0 bridgehead atoms. The van der Waals surface area contributed by atoms with Crippen LogP contribution in [0.25, 0.3) is 0 Å². The summed E-state index contributed by atoms with van der Waals surface area (Å²) in [6, 6.07) is 7.89. The highest BCUT2D eigenvalue weighted by atomic mass is 16.2. The minimum atomic E-state index is -0.202. The molecule has 2 aromatic rings. The summed E-state index contributed by atoms with van der Waals surface area (Å²) in [4.78, 5) is 30.0. The van der Waals surface area contributed by atoms with E-state index in [1.807, 2.05) is 35.9 Å². The molecule has 1 aromatic carbocycles. The van der Waals surface area contributed by atoms with Gasteiger partial charge in [-0.15, -0.1) is 0 Å². The van der Waals surface area contributed by atoms with Gasteiger partial charge in [0.1, 0.15) is 0 Å². The summed E-state index contributed by atoms with van der Waals surface area (Å²) in [7, 11) is 0. The van der Waals surface area contributed by atoms with Crippen molar-refractivity contribution >= 4 is 11.9 Å². The maximum absolute atomic E-state index is 12.3. The van der Waals surface area contributed by atoms with E-state index in [0.717, 1.165) is 6.42 Å². The molecule has 2 N–H and O–H groups in total. The largest absolute Gasteiger partial charge is 0.350 e. The fourth-order valence-corrected chi connectivity index (χ4v) is 3.02. The lowest BCUT2D eigenvalue weighted by atomic mass is 10.0. The second kappa shape index (κ2) is 7.83. The third kappa shape index (κ3) is 4.59. The molecule has 0 fully saturated rings. The molecule has 7 nitrogen and oxygen atoms in total. The average Bonchev–Trinajstić information content (AvgIpc) is 3.12. The predicted molar refractivity (Wildman–Crippen MR) is 93.8 cm³/mol. The molecule has 7 heteroatoms. The zero-order valence-corrected chi connectivity index (χ0v) is 14.3. The molecule has 0 unspecified atom stereocenters. The molecule has 1 aromatic heterocycles. The summed E-state index contributed by atoms with van der Waals surface area (Å²) in [5.74, 6) is -0.196. The minimum Gasteiger partial charge on any atom is -0.350 e. The van der Waals surface area contributed by atoms with Crippen molar-refractivity contribution < 1.29 is 9.59 Å². The molecule has 3 rings (SSSR count). The molecule has 2 heterocycles. The van der Waals surface area contributed by atoms with Crippen molar-refractivity contribution in [2.45, 2.75) is 32.5 Å². The van der Waals surface area contributed by atoms with Crippen molar-refractivity contribution in [3.63, 3.8) is 0 Å². The van der Waals surface area contributed by atoms with Gasteiger partial charge in [-0.1, -0.05) is 24.3 Å². The third-order valence-corrected chi connectivity index (χ3v) is 4.27. The smallest absolute Gasteiger partial charge is 0.318 e. The van der Waals surface area contributed by atoms with E-state index < -0.39 is 0 Å². The first-order valence-corrected chi connectivity index (χ1v) is 8.46.